The van der Waals surface area contributed by atoms with Gasteiger partial charge in [-0.25, -0.2) is 0 Å². The maximum Gasteiger partial charge on any atom is 0.0697 e. The standard InChI is InChI=1S/C25H50O3S2/c1-4-5-15-23(29-2)24(30-3)16-13-11-9-7-6-8-10-12-14-17-25(28)19-21(26)18-22(27)20-25/h21-24,26-28H,4-20H2,1-3H3/t21-,22-,23?,24?/m0/s1. The third-order valence-electron chi connectivity index (χ3n) is 6.77. The molecule has 0 bridgehead atoms. The number of thioether (sulfide) groups is 2. The second-order valence-electron chi connectivity index (χ2n) is 9.59. The topological polar surface area (TPSA) is 60.7 Å². The van der Waals surface area contributed by atoms with Crippen LogP contribution in [0, 0.1) is 0 Å². The Balaban J connectivity index is 1.98. The van der Waals surface area contributed by atoms with Crippen LogP contribution in [0.15, 0.2) is 0 Å². The minimum absolute atomic E-state index is 0.414. The van der Waals surface area contributed by atoms with E-state index in [1.807, 2.05) is 0 Å². The van der Waals surface area contributed by atoms with Crippen LogP contribution in [-0.2, 0) is 0 Å². The van der Waals surface area contributed by atoms with Crippen molar-refractivity contribution < 1.29 is 15.3 Å². The van der Waals surface area contributed by atoms with E-state index in [1.54, 1.807) is 0 Å². The third-order valence-corrected chi connectivity index (χ3v) is 9.28. The first-order valence-corrected chi connectivity index (χ1v) is 15.2. The minimum Gasteiger partial charge on any atom is -0.393 e. The van der Waals surface area contributed by atoms with Gasteiger partial charge in [-0.2, -0.15) is 23.5 Å². The number of rotatable bonds is 18. The van der Waals surface area contributed by atoms with Gasteiger partial charge in [0.05, 0.1) is 17.8 Å². The van der Waals surface area contributed by atoms with E-state index >= 15 is 0 Å². The molecular formula is C25H50O3S2. The van der Waals surface area contributed by atoms with Crippen molar-refractivity contribution >= 4 is 23.5 Å². The number of hydrogen-bond donors (Lipinski definition) is 3. The SMILES string of the molecule is CCCCC(SC)C(CCCCCCCCCCCC1(O)C[C@@H](O)C[C@H](O)C1)SC. The van der Waals surface area contributed by atoms with E-state index in [9.17, 15) is 15.3 Å². The molecule has 1 aliphatic rings. The molecule has 30 heavy (non-hydrogen) atoms. The van der Waals surface area contributed by atoms with Crippen LogP contribution in [0.3, 0.4) is 0 Å². The molecule has 0 amide bonds. The molecule has 1 saturated carbocycles. The predicted octanol–water partition coefficient (Wildman–Crippen LogP) is 6.57. The van der Waals surface area contributed by atoms with Gasteiger partial charge in [-0.1, -0.05) is 77.6 Å². The first-order chi connectivity index (χ1) is 14.4. The highest BCUT2D eigenvalue weighted by Crippen LogP contribution is 2.33. The molecule has 0 radical (unpaired) electrons. The summed E-state index contributed by atoms with van der Waals surface area (Å²) in [7, 11) is 0. The molecule has 0 aromatic heterocycles. The molecule has 0 aromatic carbocycles. The first kappa shape index (κ1) is 28.6. The van der Waals surface area contributed by atoms with Gasteiger partial charge in [0.2, 0.25) is 0 Å². The molecule has 3 N–H and O–H groups in total. The van der Waals surface area contributed by atoms with Crippen molar-refractivity contribution in [2.45, 2.75) is 144 Å². The Morgan fingerprint density at radius 1 is 0.733 bits per heavy atom. The summed E-state index contributed by atoms with van der Waals surface area (Å²) in [6.45, 7) is 2.29. The summed E-state index contributed by atoms with van der Waals surface area (Å²) in [5.41, 5.74) is -0.850. The monoisotopic (exact) mass is 462 g/mol. The molecule has 2 unspecified atom stereocenters. The summed E-state index contributed by atoms with van der Waals surface area (Å²) in [5.74, 6) is 0. The minimum atomic E-state index is -0.850. The third kappa shape index (κ3) is 12.6. The molecule has 4 atom stereocenters. The van der Waals surface area contributed by atoms with Crippen LogP contribution in [-0.4, -0.2) is 56.1 Å². The Morgan fingerprint density at radius 2 is 1.17 bits per heavy atom. The van der Waals surface area contributed by atoms with Gasteiger partial charge < -0.3 is 15.3 Å². The largest absolute Gasteiger partial charge is 0.393 e. The van der Waals surface area contributed by atoms with E-state index < -0.39 is 17.8 Å². The molecule has 0 aliphatic heterocycles. The zero-order chi connectivity index (χ0) is 22.2. The van der Waals surface area contributed by atoms with Crippen molar-refractivity contribution in [2.75, 3.05) is 12.5 Å². The van der Waals surface area contributed by atoms with Gasteiger partial charge >= 0.3 is 0 Å². The molecule has 0 spiro atoms. The molecule has 0 saturated heterocycles. The van der Waals surface area contributed by atoms with E-state index in [-0.39, 0.29) is 0 Å². The average Bonchev–Trinajstić information content (AvgIpc) is 2.69. The second-order valence-corrected chi connectivity index (χ2v) is 11.7. The van der Waals surface area contributed by atoms with E-state index in [1.165, 1.54) is 70.6 Å². The van der Waals surface area contributed by atoms with Crippen molar-refractivity contribution in [3.8, 4) is 0 Å². The van der Waals surface area contributed by atoms with Gasteiger partial charge in [-0.15, -0.1) is 0 Å². The zero-order valence-electron chi connectivity index (χ0n) is 20.0. The molecule has 3 nitrogen and oxygen atoms in total. The molecule has 1 aliphatic carbocycles. The zero-order valence-corrected chi connectivity index (χ0v) is 21.6. The van der Waals surface area contributed by atoms with Crippen molar-refractivity contribution in [3.05, 3.63) is 0 Å². The molecule has 0 aromatic rings. The smallest absolute Gasteiger partial charge is 0.0697 e. The molecule has 0 heterocycles. The highest BCUT2D eigenvalue weighted by Gasteiger charge is 2.37. The Morgan fingerprint density at radius 3 is 1.63 bits per heavy atom. The second kappa shape index (κ2) is 17.1. The van der Waals surface area contributed by atoms with Gasteiger partial charge in [0.15, 0.2) is 0 Å². The van der Waals surface area contributed by atoms with Crippen LogP contribution in [0.25, 0.3) is 0 Å². The fraction of sp³-hybridized carbons (Fsp3) is 1.00. The lowest BCUT2D eigenvalue weighted by Crippen LogP contribution is -2.43. The summed E-state index contributed by atoms with van der Waals surface area (Å²) >= 11 is 4.15. The van der Waals surface area contributed by atoms with Crippen molar-refractivity contribution in [2.24, 2.45) is 0 Å². The molecule has 5 heteroatoms. The summed E-state index contributed by atoms with van der Waals surface area (Å²) in [4.78, 5) is 0. The van der Waals surface area contributed by atoms with E-state index in [0.29, 0.717) is 25.7 Å². The van der Waals surface area contributed by atoms with E-state index in [0.717, 1.165) is 23.3 Å². The first-order valence-electron chi connectivity index (χ1n) is 12.6. The Kier molecular flexibility index (Phi) is 16.3. The summed E-state index contributed by atoms with van der Waals surface area (Å²) in [6.07, 6.45) is 22.4. The molecule has 1 fully saturated rings. The highest BCUT2D eigenvalue weighted by atomic mass is 32.2. The van der Waals surface area contributed by atoms with Crippen LogP contribution < -0.4 is 0 Å². The lowest BCUT2D eigenvalue weighted by atomic mass is 9.78. The fourth-order valence-corrected chi connectivity index (χ4v) is 7.35. The van der Waals surface area contributed by atoms with Gasteiger partial charge in [0.1, 0.15) is 0 Å². The van der Waals surface area contributed by atoms with Crippen molar-refractivity contribution in [1.29, 1.82) is 0 Å². The number of unbranched alkanes of at least 4 members (excludes halogenated alkanes) is 9. The number of aliphatic hydroxyl groups excluding tert-OH is 2. The highest BCUT2D eigenvalue weighted by molar-refractivity contribution is 8.03. The lowest BCUT2D eigenvalue weighted by Gasteiger charge is -2.37. The number of hydrogen-bond acceptors (Lipinski definition) is 5. The average molecular weight is 463 g/mol. The van der Waals surface area contributed by atoms with Crippen LogP contribution in [0.1, 0.15) is 116 Å². The predicted molar refractivity (Wildman–Crippen MR) is 136 cm³/mol. The Hall–Kier alpha value is 0.580. The molecule has 1 rings (SSSR count). The summed E-state index contributed by atoms with van der Waals surface area (Å²) in [6, 6.07) is 0. The normalized spacial score (nSPS) is 26.6. The van der Waals surface area contributed by atoms with Gasteiger partial charge in [-0.3, -0.25) is 0 Å². The summed E-state index contributed by atoms with van der Waals surface area (Å²) < 4.78 is 0. The van der Waals surface area contributed by atoms with Gasteiger partial charge in [-0.05, 0) is 38.2 Å². The fourth-order valence-electron chi connectivity index (χ4n) is 5.00. The molecular weight excluding hydrogens is 412 g/mol. The Labute approximate surface area is 195 Å². The quantitative estimate of drug-likeness (QED) is 0.201. The van der Waals surface area contributed by atoms with Gasteiger partial charge in [0.25, 0.3) is 0 Å². The van der Waals surface area contributed by atoms with E-state index in [4.69, 9.17) is 0 Å². The van der Waals surface area contributed by atoms with Crippen LogP contribution in [0.4, 0.5) is 0 Å². The van der Waals surface area contributed by atoms with Crippen molar-refractivity contribution in [3.63, 3.8) is 0 Å². The van der Waals surface area contributed by atoms with Crippen LogP contribution >= 0.6 is 23.5 Å². The Bertz CT molecular complexity index is 398. The van der Waals surface area contributed by atoms with Crippen LogP contribution in [0.2, 0.25) is 0 Å². The number of aliphatic hydroxyl groups is 3. The van der Waals surface area contributed by atoms with E-state index in [2.05, 4.69) is 43.0 Å². The maximum absolute atomic E-state index is 10.6. The maximum atomic E-state index is 10.6. The van der Waals surface area contributed by atoms with Gasteiger partial charge in [0, 0.05) is 23.3 Å². The molecule has 180 valence electrons. The lowest BCUT2D eigenvalue weighted by molar-refractivity contribution is -0.0950. The van der Waals surface area contributed by atoms with Crippen molar-refractivity contribution in [1.82, 2.24) is 0 Å². The summed E-state index contributed by atoms with van der Waals surface area (Å²) in [5, 5.41) is 31.8. The van der Waals surface area contributed by atoms with Crippen LogP contribution in [0.5, 0.6) is 0 Å².